The first-order valence-corrected chi connectivity index (χ1v) is 5.66. The maximum absolute atomic E-state index is 9.71. The molecule has 2 aromatic carbocycles. The number of hydrogen-bond donors (Lipinski definition) is 1. The lowest BCUT2D eigenvalue weighted by atomic mass is 10.0. The van der Waals surface area contributed by atoms with Crippen LogP contribution in [0.1, 0.15) is 0 Å². The average molecular weight is 292 g/mol. The zero-order valence-corrected chi connectivity index (χ0v) is 10.8. The van der Waals surface area contributed by atoms with E-state index >= 15 is 0 Å². The van der Waals surface area contributed by atoms with Crippen molar-refractivity contribution in [2.24, 2.45) is 0 Å². The van der Waals surface area contributed by atoms with E-state index in [2.05, 4.69) is 0 Å². The number of aromatic hydroxyl groups is 1. The zero-order valence-electron chi connectivity index (χ0n) is 8.55. The molecule has 17 heavy (non-hydrogen) atoms. The van der Waals surface area contributed by atoms with E-state index in [1.807, 2.05) is 6.07 Å². The van der Waals surface area contributed by atoms with Crippen LogP contribution in [0.3, 0.4) is 0 Å². The number of hydrogen-bond acceptors (Lipinski definition) is 1. The number of phenols is 1. The summed E-state index contributed by atoms with van der Waals surface area (Å²) in [5.41, 5.74) is 1.29. The fourth-order valence-corrected chi connectivity index (χ4v) is 2.07. The molecule has 3 N–H and O–H groups in total. The van der Waals surface area contributed by atoms with Crippen LogP contribution >= 0.6 is 34.8 Å². The van der Waals surface area contributed by atoms with Crippen molar-refractivity contribution in [3.05, 3.63) is 51.5 Å². The summed E-state index contributed by atoms with van der Waals surface area (Å²) in [6.07, 6.45) is 0. The fraction of sp³-hybridized carbons (Fsp3) is 0. The molecule has 0 amide bonds. The Balaban J connectivity index is 0.00000144. The van der Waals surface area contributed by atoms with Crippen LogP contribution in [-0.2, 0) is 0 Å². The third kappa shape index (κ3) is 2.67. The average Bonchev–Trinajstić information content (AvgIpc) is 2.28. The summed E-state index contributed by atoms with van der Waals surface area (Å²) in [6.45, 7) is 0. The molecule has 0 heterocycles. The maximum Gasteiger partial charge on any atom is 0.123 e. The summed E-state index contributed by atoms with van der Waals surface area (Å²) < 4.78 is 0. The Bertz CT molecular complexity index is 541. The Morgan fingerprint density at radius 2 is 1.41 bits per heavy atom. The van der Waals surface area contributed by atoms with Crippen molar-refractivity contribution in [2.45, 2.75) is 0 Å². The molecule has 0 atom stereocenters. The lowest BCUT2D eigenvalue weighted by molar-refractivity contribution is 0.477. The molecule has 90 valence electrons. The van der Waals surface area contributed by atoms with Crippen LogP contribution in [0.15, 0.2) is 36.4 Å². The molecule has 2 nitrogen and oxygen atoms in total. The molecule has 0 fully saturated rings. The van der Waals surface area contributed by atoms with Gasteiger partial charge in [0.15, 0.2) is 0 Å². The van der Waals surface area contributed by atoms with Crippen LogP contribution in [0.5, 0.6) is 5.75 Å². The van der Waals surface area contributed by atoms with E-state index in [0.717, 1.165) is 0 Å². The van der Waals surface area contributed by atoms with Crippen LogP contribution in [0.25, 0.3) is 11.1 Å². The van der Waals surface area contributed by atoms with Gasteiger partial charge in [-0.25, -0.2) is 0 Å². The van der Waals surface area contributed by atoms with Crippen LogP contribution < -0.4 is 0 Å². The molecule has 0 saturated heterocycles. The molecule has 5 heteroatoms. The third-order valence-corrected chi connectivity index (χ3v) is 3.52. The van der Waals surface area contributed by atoms with Gasteiger partial charge in [0.2, 0.25) is 0 Å². The van der Waals surface area contributed by atoms with E-state index in [4.69, 9.17) is 34.8 Å². The maximum atomic E-state index is 9.71. The molecular weight excluding hydrogens is 282 g/mol. The van der Waals surface area contributed by atoms with E-state index in [1.165, 1.54) is 0 Å². The number of rotatable bonds is 1. The van der Waals surface area contributed by atoms with Gasteiger partial charge in [-0.2, -0.15) is 0 Å². The molecule has 0 bridgehead atoms. The van der Waals surface area contributed by atoms with E-state index < -0.39 is 0 Å². The summed E-state index contributed by atoms with van der Waals surface area (Å²) in [7, 11) is 0. The van der Waals surface area contributed by atoms with Gasteiger partial charge in [-0.3, -0.25) is 0 Å². The molecule has 0 unspecified atom stereocenters. The SMILES string of the molecule is O.Oc1ccccc1-c1ccc(Cl)c(Cl)c1Cl. The normalized spacial score (nSPS) is 9.82. The first-order chi connectivity index (χ1) is 7.61. The van der Waals surface area contributed by atoms with E-state index in [9.17, 15) is 5.11 Å². The van der Waals surface area contributed by atoms with E-state index in [1.54, 1.807) is 30.3 Å². The first-order valence-electron chi connectivity index (χ1n) is 4.53. The van der Waals surface area contributed by atoms with Crippen molar-refractivity contribution in [3.8, 4) is 16.9 Å². The molecule has 0 spiro atoms. The van der Waals surface area contributed by atoms with E-state index in [0.29, 0.717) is 26.2 Å². The van der Waals surface area contributed by atoms with Gasteiger partial charge in [-0.05, 0) is 12.1 Å². The van der Waals surface area contributed by atoms with Crippen LogP contribution in [-0.4, -0.2) is 10.6 Å². The van der Waals surface area contributed by atoms with Crippen molar-refractivity contribution >= 4 is 34.8 Å². The van der Waals surface area contributed by atoms with Gasteiger partial charge in [0, 0.05) is 11.1 Å². The quantitative estimate of drug-likeness (QED) is 0.787. The second-order valence-electron chi connectivity index (χ2n) is 3.24. The third-order valence-electron chi connectivity index (χ3n) is 2.23. The minimum Gasteiger partial charge on any atom is -0.507 e. The van der Waals surface area contributed by atoms with E-state index in [-0.39, 0.29) is 11.2 Å². The molecule has 0 saturated carbocycles. The number of benzene rings is 2. The standard InChI is InChI=1S/C12H7Cl3O.H2O/c13-9-6-5-8(11(14)12(9)15)7-3-1-2-4-10(7)16;/h1-6,16H;1H2. The zero-order chi connectivity index (χ0) is 11.7. The Kier molecular flexibility index (Phi) is 4.66. The van der Waals surface area contributed by atoms with Gasteiger partial charge >= 0.3 is 0 Å². The smallest absolute Gasteiger partial charge is 0.123 e. The Morgan fingerprint density at radius 3 is 2.06 bits per heavy atom. The monoisotopic (exact) mass is 290 g/mol. The highest BCUT2D eigenvalue weighted by Crippen LogP contribution is 2.40. The summed E-state index contributed by atoms with van der Waals surface area (Å²) in [5.74, 6) is 0.155. The van der Waals surface area contributed by atoms with Crippen molar-refractivity contribution < 1.29 is 10.6 Å². The molecular formula is C12H9Cl3O2. The van der Waals surface area contributed by atoms with Crippen molar-refractivity contribution in [1.29, 1.82) is 0 Å². The van der Waals surface area contributed by atoms with Crippen molar-refractivity contribution in [1.82, 2.24) is 0 Å². The number of para-hydroxylation sites is 1. The highest BCUT2D eigenvalue weighted by Gasteiger charge is 2.12. The second-order valence-corrected chi connectivity index (χ2v) is 4.40. The summed E-state index contributed by atoms with van der Waals surface area (Å²) in [6, 6.07) is 10.3. The Hall–Kier alpha value is -0.930. The fourth-order valence-electron chi connectivity index (χ4n) is 1.44. The van der Waals surface area contributed by atoms with Crippen molar-refractivity contribution in [2.75, 3.05) is 0 Å². The highest BCUT2D eigenvalue weighted by atomic mass is 35.5. The first kappa shape index (κ1) is 14.1. The number of halogens is 3. The minimum absolute atomic E-state index is 0. The predicted octanol–water partition coefficient (Wildman–Crippen LogP) is 4.19. The molecule has 0 radical (unpaired) electrons. The lowest BCUT2D eigenvalue weighted by Gasteiger charge is -2.08. The summed E-state index contributed by atoms with van der Waals surface area (Å²) >= 11 is 17.9. The molecule has 0 aliphatic rings. The molecule has 0 aliphatic carbocycles. The lowest BCUT2D eigenvalue weighted by Crippen LogP contribution is -1.82. The minimum atomic E-state index is 0. The van der Waals surface area contributed by atoms with Crippen LogP contribution in [0.2, 0.25) is 15.1 Å². The van der Waals surface area contributed by atoms with Gasteiger partial charge < -0.3 is 10.6 Å². The largest absolute Gasteiger partial charge is 0.507 e. The second kappa shape index (κ2) is 5.61. The molecule has 0 aromatic heterocycles. The molecule has 2 aromatic rings. The van der Waals surface area contributed by atoms with Gasteiger partial charge in [-0.15, -0.1) is 0 Å². The van der Waals surface area contributed by atoms with Crippen LogP contribution in [0, 0.1) is 0 Å². The molecule has 0 aliphatic heterocycles. The topological polar surface area (TPSA) is 51.7 Å². The summed E-state index contributed by atoms with van der Waals surface area (Å²) in [4.78, 5) is 0. The Labute approximate surface area is 114 Å². The highest BCUT2D eigenvalue weighted by molar-refractivity contribution is 6.49. The van der Waals surface area contributed by atoms with Gasteiger partial charge in [0.25, 0.3) is 0 Å². The van der Waals surface area contributed by atoms with Gasteiger partial charge in [0.1, 0.15) is 5.75 Å². The van der Waals surface area contributed by atoms with Gasteiger partial charge in [-0.1, -0.05) is 59.1 Å². The van der Waals surface area contributed by atoms with Crippen LogP contribution in [0.4, 0.5) is 0 Å². The molecule has 2 rings (SSSR count). The van der Waals surface area contributed by atoms with Gasteiger partial charge in [0.05, 0.1) is 15.1 Å². The predicted molar refractivity (Wildman–Crippen MR) is 72.2 cm³/mol. The van der Waals surface area contributed by atoms with Crippen molar-refractivity contribution in [3.63, 3.8) is 0 Å². The number of phenolic OH excluding ortho intramolecular Hbond substituents is 1. The summed E-state index contributed by atoms with van der Waals surface area (Å²) in [5, 5.41) is 10.7. The Morgan fingerprint density at radius 1 is 0.765 bits per heavy atom.